The summed E-state index contributed by atoms with van der Waals surface area (Å²) in [7, 11) is 0. The van der Waals surface area contributed by atoms with E-state index in [0.29, 0.717) is 5.56 Å². The van der Waals surface area contributed by atoms with Gasteiger partial charge in [0.15, 0.2) is 12.3 Å². The largest absolute Gasteiger partial charge is 0.479 e. The van der Waals surface area contributed by atoms with Gasteiger partial charge >= 0.3 is 5.97 Å². The maximum atomic E-state index is 12.3. The third-order valence-corrected chi connectivity index (χ3v) is 4.59. The van der Waals surface area contributed by atoms with Crippen LogP contribution in [-0.2, 0) is 20.7 Å². The summed E-state index contributed by atoms with van der Waals surface area (Å²) in [5.41, 5.74) is 2.75. The number of carboxylic acid groups (broad SMARTS) is 1. The molecule has 0 aromatic heterocycles. The molecule has 5 N–H and O–H groups in total. The van der Waals surface area contributed by atoms with E-state index in [1.807, 2.05) is 42.5 Å². The van der Waals surface area contributed by atoms with E-state index in [0.717, 1.165) is 11.1 Å². The lowest BCUT2D eigenvalue weighted by Crippen LogP contribution is -2.64. The van der Waals surface area contributed by atoms with Gasteiger partial charge in [-0.3, -0.25) is 4.79 Å². The number of aliphatic hydroxyl groups is 3. The molecule has 1 aliphatic heterocycles. The van der Waals surface area contributed by atoms with Crippen molar-refractivity contribution in [3.63, 3.8) is 0 Å². The fourth-order valence-electron chi connectivity index (χ4n) is 3.04. The van der Waals surface area contributed by atoms with Crippen molar-refractivity contribution in [2.75, 3.05) is 0 Å². The molecule has 1 saturated heterocycles. The normalized spacial score (nSPS) is 27.2. The van der Waals surface area contributed by atoms with Crippen LogP contribution in [0, 0.1) is 0 Å². The number of hydrogen-bond donors (Lipinski definition) is 5. The smallest absolute Gasteiger partial charge is 0.335 e. The first-order valence-corrected chi connectivity index (χ1v) is 8.73. The zero-order valence-corrected chi connectivity index (χ0v) is 14.8. The van der Waals surface area contributed by atoms with Crippen molar-refractivity contribution in [3.8, 4) is 11.1 Å². The Hall–Kier alpha value is -2.78. The van der Waals surface area contributed by atoms with E-state index in [1.54, 1.807) is 12.1 Å². The highest BCUT2D eigenvalue weighted by Crippen LogP contribution is 2.21. The number of ether oxygens (including phenoxy) is 1. The highest BCUT2D eigenvalue weighted by atomic mass is 16.6. The van der Waals surface area contributed by atoms with Gasteiger partial charge in [-0.05, 0) is 16.7 Å². The summed E-state index contributed by atoms with van der Waals surface area (Å²) >= 11 is 0. The first-order valence-electron chi connectivity index (χ1n) is 8.73. The summed E-state index contributed by atoms with van der Waals surface area (Å²) < 4.78 is 5.04. The molecule has 1 heterocycles. The first kappa shape index (κ1) is 20.0. The summed E-state index contributed by atoms with van der Waals surface area (Å²) in [4.78, 5) is 23.3. The van der Waals surface area contributed by atoms with Crippen LogP contribution >= 0.6 is 0 Å². The molecule has 2 aromatic carbocycles. The molecule has 1 amide bonds. The monoisotopic (exact) mass is 387 g/mol. The molecular weight excluding hydrogens is 366 g/mol. The van der Waals surface area contributed by atoms with Crippen molar-refractivity contribution in [1.82, 2.24) is 5.32 Å². The summed E-state index contributed by atoms with van der Waals surface area (Å²) in [5.74, 6) is -2.03. The number of rotatable bonds is 5. The molecule has 8 heteroatoms. The summed E-state index contributed by atoms with van der Waals surface area (Å²) in [6, 6.07) is 17.1. The molecule has 2 aromatic rings. The molecule has 0 saturated carbocycles. The number of hydrogen-bond acceptors (Lipinski definition) is 6. The van der Waals surface area contributed by atoms with Crippen molar-refractivity contribution in [2.45, 2.75) is 37.1 Å². The SMILES string of the molecule is O=C(Cc1ccc(-c2ccccc2)cc1)N[C@@H]1O[C@H](C(=O)O)[C@@H](O)[C@H](O)[C@H]1O. The Labute approximate surface area is 161 Å². The maximum Gasteiger partial charge on any atom is 0.335 e. The number of carbonyl (C=O) groups is 2. The number of nitrogens with one attached hydrogen (secondary N) is 1. The highest BCUT2D eigenvalue weighted by Gasteiger charge is 2.47. The minimum atomic E-state index is -1.80. The van der Waals surface area contributed by atoms with Crippen LogP contribution in [0.25, 0.3) is 11.1 Å². The predicted octanol–water partition coefficient (Wildman–Crippen LogP) is -0.0955. The van der Waals surface area contributed by atoms with Crippen LogP contribution in [0.1, 0.15) is 5.56 Å². The second-order valence-corrected chi connectivity index (χ2v) is 6.59. The van der Waals surface area contributed by atoms with E-state index in [1.165, 1.54) is 0 Å². The third-order valence-electron chi connectivity index (χ3n) is 4.59. The Morgan fingerprint density at radius 1 is 0.857 bits per heavy atom. The van der Waals surface area contributed by atoms with Gasteiger partial charge in [-0.25, -0.2) is 4.79 Å². The van der Waals surface area contributed by atoms with Crippen molar-refractivity contribution >= 4 is 11.9 Å². The van der Waals surface area contributed by atoms with Crippen molar-refractivity contribution in [1.29, 1.82) is 0 Å². The molecule has 148 valence electrons. The Morgan fingerprint density at radius 2 is 1.46 bits per heavy atom. The van der Waals surface area contributed by atoms with Crippen LogP contribution in [0.3, 0.4) is 0 Å². The molecule has 0 spiro atoms. The van der Waals surface area contributed by atoms with Crippen LogP contribution in [0.15, 0.2) is 54.6 Å². The van der Waals surface area contributed by atoms with Crippen LogP contribution in [-0.4, -0.2) is 62.9 Å². The van der Waals surface area contributed by atoms with E-state index in [-0.39, 0.29) is 6.42 Å². The van der Waals surface area contributed by atoms with E-state index in [2.05, 4.69) is 5.32 Å². The molecule has 1 aliphatic rings. The van der Waals surface area contributed by atoms with E-state index >= 15 is 0 Å². The standard InChI is InChI=1S/C20H21NO7/c22-14(21-19-17(25)15(23)16(24)18(28-19)20(26)27)10-11-6-8-13(9-7-11)12-4-2-1-3-5-12/h1-9,15-19,23-25H,10H2,(H,21,22)(H,26,27)/t15-,16-,17+,18-,19+/m0/s1. The topological polar surface area (TPSA) is 136 Å². The predicted molar refractivity (Wildman–Crippen MR) is 98.0 cm³/mol. The summed E-state index contributed by atoms with van der Waals surface area (Å²) in [6.45, 7) is 0. The first-order chi connectivity index (χ1) is 13.4. The Balaban J connectivity index is 1.62. The lowest BCUT2D eigenvalue weighted by atomic mass is 9.98. The van der Waals surface area contributed by atoms with Crippen molar-refractivity contribution < 1.29 is 34.8 Å². The maximum absolute atomic E-state index is 12.3. The molecule has 8 nitrogen and oxygen atoms in total. The van der Waals surface area contributed by atoms with Gasteiger partial charge in [0.05, 0.1) is 6.42 Å². The summed E-state index contributed by atoms with van der Waals surface area (Å²) in [5, 5.41) is 40.8. The average molecular weight is 387 g/mol. The summed E-state index contributed by atoms with van der Waals surface area (Å²) in [6.07, 6.45) is -8.45. The van der Waals surface area contributed by atoms with Gasteiger partial charge in [0.1, 0.15) is 18.3 Å². The zero-order valence-electron chi connectivity index (χ0n) is 14.8. The molecule has 0 unspecified atom stereocenters. The lowest BCUT2D eigenvalue weighted by Gasteiger charge is -2.38. The lowest BCUT2D eigenvalue weighted by molar-refractivity contribution is -0.233. The molecular formula is C20H21NO7. The number of amides is 1. The van der Waals surface area contributed by atoms with Gasteiger partial charge in [-0.2, -0.15) is 0 Å². The second kappa shape index (κ2) is 8.49. The number of carboxylic acids is 1. The van der Waals surface area contributed by atoms with E-state index < -0.39 is 42.5 Å². The van der Waals surface area contributed by atoms with Crippen molar-refractivity contribution in [3.05, 3.63) is 60.2 Å². The zero-order chi connectivity index (χ0) is 20.3. The Bertz CT molecular complexity index is 824. The number of carbonyl (C=O) groups excluding carboxylic acids is 1. The van der Waals surface area contributed by atoms with Crippen LogP contribution < -0.4 is 5.32 Å². The molecule has 28 heavy (non-hydrogen) atoms. The van der Waals surface area contributed by atoms with Gasteiger partial charge < -0.3 is 30.5 Å². The van der Waals surface area contributed by atoms with E-state index in [4.69, 9.17) is 9.84 Å². The fraction of sp³-hybridized carbons (Fsp3) is 0.300. The van der Waals surface area contributed by atoms with Crippen LogP contribution in [0.4, 0.5) is 0 Å². The highest BCUT2D eigenvalue weighted by molar-refractivity contribution is 5.79. The minimum absolute atomic E-state index is 0.0297. The fourth-order valence-corrected chi connectivity index (χ4v) is 3.04. The molecule has 0 bridgehead atoms. The molecule has 5 atom stereocenters. The molecule has 0 aliphatic carbocycles. The quantitative estimate of drug-likeness (QED) is 0.483. The van der Waals surface area contributed by atoms with Gasteiger partial charge in [-0.15, -0.1) is 0 Å². The minimum Gasteiger partial charge on any atom is -0.479 e. The van der Waals surface area contributed by atoms with Crippen molar-refractivity contribution in [2.24, 2.45) is 0 Å². The van der Waals surface area contributed by atoms with Gasteiger partial charge in [0.25, 0.3) is 0 Å². The number of aliphatic carboxylic acids is 1. The number of benzene rings is 2. The Kier molecular flexibility index (Phi) is 6.05. The molecule has 0 radical (unpaired) electrons. The second-order valence-electron chi connectivity index (χ2n) is 6.59. The third kappa shape index (κ3) is 4.37. The van der Waals surface area contributed by atoms with Crippen LogP contribution in [0.5, 0.6) is 0 Å². The van der Waals surface area contributed by atoms with Gasteiger partial charge in [0.2, 0.25) is 5.91 Å². The average Bonchev–Trinajstić information content (AvgIpc) is 2.69. The van der Waals surface area contributed by atoms with Crippen LogP contribution in [0.2, 0.25) is 0 Å². The Morgan fingerprint density at radius 3 is 2.07 bits per heavy atom. The van der Waals surface area contributed by atoms with Gasteiger partial charge in [-0.1, -0.05) is 54.6 Å². The van der Waals surface area contributed by atoms with E-state index in [9.17, 15) is 24.9 Å². The number of aliphatic hydroxyl groups excluding tert-OH is 3. The molecule has 3 rings (SSSR count). The van der Waals surface area contributed by atoms with Gasteiger partial charge in [0, 0.05) is 0 Å². The molecule has 1 fully saturated rings.